The fraction of sp³-hybridized carbons (Fsp3) is 0.500. The van der Waals surface area contributed by atoms with Gasteiger partial charge in [-0.1, -0.05) is 18.2 Å². The van der Waals surface area contributed by atoms with E-state index in [1.54, 1.807) is 0 Å². The van der Waals surface area contributed by atoms with Crippen LogP contribution in [0.25, 0.3) is 10.9 Å². The number of benzene rings is 1. The monoisotopic (exact) mass is 413 g/mol. The van der Waals surface area contributed by atoms with Gasteiger partial charge in [0, 0.05) is 30.6 Å². The molecule has 1 saturated heterocycles. The summed E-state index contributed by atoms with van der Waals surface area (Å²) in [5.41, 5.74) is 8.31. The molecule has 2 heterocycles. The molecule has 9 nitrogen and oxygen atoms in total. The number of piperidine rings is 1. The number of hydrogen-bond acceptors (Lipinski definition) is 7. The van der Waals surface area contributed by atoms with Crippen molar-refractivity contribution in [1.82, 2.24) is 9.88 Å². The zero-order valence-corrected chi connectivity index (χ0v) is 16.5. The number of para-hydroxylation sites is 1. The van der Waals surface area contributed by atoms with Crippen LogP contribution in [0.3, 0.4) is 0 Å². The Bertz CT molecular complexity index is 888. The maximum atomic E-state index is 12.2. The van der Waals surface area contributed by atoms with E-state index in [0.717, 1.165) is 42.4 Å². The van der Waals surface area contributed by atoms with Crippen LogP contribution < -0.4 is 11.1 Å². The number of esters is 1. The fourth-order valence-electron chi connectivity index (χ4n) is 3.26. The highest BCUT2D eigenvalue weighted by atomic mass is 32.3. The second-order valence-corrected chi connectivity index (χ2v) is 7.70. The van der Waals surface area contributed by atoms with E-state index >= 15 is 0 Å². The SMILES string of the molecule is Cn1cc(C[C@@H](N)C(=O)OCC2CCNCC2)c2ccccc21.O=S(=O)([O-])O.[H+]. The fourth-order valence-corrected chi connectivity index (χ4v) is 3.26. The molecule has 156 valence electrons. The smallest absolute Gasteiger partial charge is 0.726 e. The molecule has 2 aromatic rings. The number of aromatic nitrogens is 1. The summed E-state index contributed by atoms with van der Waals surface area (Å²) < 4.78 is 40.3. The Balaban J connectivity index is 0.000000628. The first-order chi connectivity index (χ1) is 13.1. The summed E-state index contributed by atoms with van der Waals surface area (Å²) in [7, 11) is -2.91. The Hall–Kier alpha value is -1.98. The minimum absolute atomic E-state index is 0. The van der Waals surface area contributed by atoms with Crippen molar-refractivity contribution in [3.63, 3.8) is 0 Å². The summed E-state index contributed by atoms with van der Waals surface area (Å²) in [5.74, 6) is 0.168. The van der Waals surface area contributed by atoms with Gasteiger partial charge < -0.3 is 24.9 Å². The van der Waals surface area contributed by atoms with Crippen molar-refractivity contribution in [2.24, 2.45) is 18.7 Å². The zero-order chi connectivity index (χ0) is 20.7. The molecular weight excluding hydrogens is 386 g/mol. The number of carbonyl (C=O) groups is 1. The number of hydrogen-bond donors (Lipinski definition) is 3. The van der Waals surface area contributed by atoms with Gasteiger partial charge in [-0.2, -0.15) is 0 Å². The lowest BCUT2D eigenvalue weighted by Crippen LogP contribution is -2.36. The van der Waals surface area contributed by atoms with E-state index in [4.69, 9.17) is 28.0 Å². The van der Waals surface area contributed by atoms with Crippen LogP contribution in [0, 0.1) is 5.92 Å². The molecule has 0 radical (unpaired) electrons. The van der Waals surface area contributed by atoms with Crippen LogP contribution in [0.15, 0.2) is 30.5 Å². The minimum atomic E-state index is -4.92. The molecular formula is C18H27N3O6S. The van der Waals surface area contributed by atoms with E-state index in [-0.39, 0.29) is 7.40 Å². The molecule has 3 rings (SSSR count). The van der Waals surface area contributed by atoms with Gasteiger partial charge in [-0.3, -0.25) is 9.35 Å². The van der Waals surface area contributed by atoms with Crippen LogP contribution in [0.5, 0.6) is 0 Å². The van der Waals surface area contributed by atoms with Gasteiger partial charge in [-0.15, -0.1) is 0 Å². The van der Waals surface area contributed by atoms with Crippen molar-refractivity contribution in [2.75, 3.05) is 19.7 Å². The summed E-state index contributed by atoms with van der Waals surface area (Å²) in [4.78, 5) is 12.2. The van der Waals surface area contributed by atoms with Crippen molar-refractivity contribution >= 4 is 27.3 Å². The lowest BCUT2D eigenvalue weighted by molar-refractivity contribution is -0.146. The first-order valence-electron chi connectivity index (χ1n) is 8.99. The van der Waals surface area contributed by atoms with Crippen LogP contribution >= 0.6 is 0 Å². The molecule has 0 unspecified atom stereocenters. The maximum Gasteiger partial charge on any atom is 1.00 e. The molecule has 0 saturated carbocycles. The number of nitrogens with zero attached hydrogens (tertiary/aromatic N) is 1. The Kier molecular flexibility index (Phi) is 7.96. The van der Waals surface area contributed by atoms with E-state index < -0.39 is 16.4 Å². The van der Waals surface area contributed by atoms with Gasteiger partial charge in [0.2, 0.25) is 10.4 Å². The normalized spacial score (nSPS) is 16.3. The molecule has 4 N–H and O–H groups in total. The summed E-state index contributed by atoms with van der Waals surface area (Å²) in [6, 6.07) is 7.55. The second kappa shape index (κ2) is 9.99. The molecule has 0 amide bonds. The van der Waals surface area contributed by atoms with Crippen LogP contribution in [-0.4, -0.2) is 53.8 Å². The molecule has 1 aliphatic rings. The lowest BCUT2D eigenvalue weighted by atomic mass is 9.99. The van der Waals surface area contributed by atoms with Crippen LogP contribution in [0.1, 0.15) is 19.8 Å². The average molecular weight is 413 g/mol. The van der Waals surface area contributed by atoms with Gasteiger partial charge in [-0.05, 0) is 43.5 Å². The molecule has 1 atom stereocenters. The third-order valence-corrected chi connectivity index (χ3v) is 4.64. The topological polar surface area (TPSA) is 147 Å². The summed E-state index contributed by atoms with van der Waals surface area (Å²) in [6.45, 7) is 2.50. The standard InChI is InChI=1S/C18H25N3O2.H2O4S/c1-21-11-14(15-4-2-3-5-17(15)21)10-16(19)18(22)23-12-13-6-8-20-9-7-13;1-5(2,3)4/h2-5,11,13,16,20H,6-10,12,19H2,1H3;(H2,1,2,3,4)/t16-;/m1./s1. The molecule has 1 aliphatic heterocycles. The van der Waals surface area contributed by atoms with Gasteiger partial charge in [0.15, 0.2) is 0 Å². The Morgan fingerprint density at radius 2 is 2.04 bits per heavy atom. The third-order valence-electron chi connectivity index (χ3n) is 4.64. The molecule has 28 heavy (non-hydrogen) atoms. The average Bonchev–Trinajstić information content (AvgIpc) is 2.95. The number of fused-ring (bicyclic) bond motifs is 1. The number of nitrogens with one attached hydrogen (secondary N) is 1. The second-order valence-electron chi connectivity index (χ2n) is 6.84. The summed E-state index contributed by atoms with van der Waals surface area (Å²) >= 11 is 0. The molecule has 10 heteroatoms. The van der Waals surface area contributed by atoms with Gasteiger partial charge >= 0.3 is 7.40 Å². The Labute approximate surface area is 165 Å². The van der Waals surface area contributed by atoms with E-state index in [2.05, 4.69) is 22.0 Å². The van der Waals surface area contributed by atoms with Crippen LogP contribution in [0.2, 0.25) is 0 Å². The predicted molar refractivity (Wildman–Crippen MR) is 105 cm³/mol. The molecule has 0 bridgehead atoms. The number of carbonyl (C=O) groups excluding carboxylic acids is 1. The highest BCUT2D eigenvalue weighted by Gasteiger charge is 2.21. The first-order valence-corrected chi connectivity index (χ1v) is 10.4. The number of nitrogens with two attached hydrogens (primary N) is 1. The minimum Gasteiger partial charge on any atom is -0.726 e. The van der Waals surface area contributed by atoms with Crippen molar-refractivity contribution < 1.29 is 28.5 Å². The van der Waals surface area contributed by atoms with Gasteiger partial charge in [0.1, 0.15) is 6.04 Å². The molecule has 0 aliphatic carbocycles. The van der Waals surface area contributed by atoms with Crippen LogP contribution in [-0.2, 0) is 33.4 Å². The number of ether oxygens (including phenoxy) is 1. The number of aryl methyl sites for hydroxylation is 1. The molecule has 0 spiro atoms. The summed E-state index contributed by atoms with van der Waals surface area (Å²) in [5, 5.41) is 4.46. The van der Waals surface area contributed by atoms with E-state index in [0.29, 0.717) is 18.9 Å². The molecule has 1 aromatic carbocycles. The van der Waals surface area contributed by atoms with E-state index in [1.807, 2.05) is 25.4 Å². The summed E-state index contributed by atoms with van der Waals surface area (Å²) in [6.07, 6.45) is 4.68. The molecule has 1 aromatic heterocycles. The van der Waals surface area contributed by atoms with Gasteiger partial charge in [0.05, 0.1) is 6.61 Å². The van der Waals surface area contributed by atoms with E-state index in [1.165, 1.54) is 0 Å². The zero-order valence-electron chi connectivity index (χ0n) is 16.7. The third kappa shape index (κ3) is 7.21. The van der Waals surface area contributed by atoms with Crippen molar-refractivity contribution in [3.05, 3.63) is 36.0 Å². The predicted octanol–water partition coefficient (Wildman–Crippen LogP) is 0.708. The first kappa shape index (κ1) is 22.3. The van der Waals surface area contributed by atoms with E-state index in [9.17, 15) is 4.79 Å². The highest BCUT2D eigenvalue weighted by Crippen LogP contribution is 2.21. The lowest BCUT2D eigenvalue weighted by Gasteiger charge is -2.22. The number of rotatable bonds is 5. The Morgan fingerprint density at radius 3 is 2.68 bits per heavy atom. The quantitative estimate of drug-likeness (QED) is 0.369. The Morgan fingerprint density at radius 1 is 1.43 bits per heavy atom. The molecule has 1 fully saturated rings. The van der Waals surface area contributed by atoms with Gasteiger partial charge in [-0.25, -0.2) is 8.42 Å². The van der Waals surface area contributed by atoms with Crippen molar-refractivity contribution in [3.8, 4) is 0 Å². The van der Waals surface area contributed by atoms with Gasteiger partial charge in [0.25, 0.3) is 0 Å². The largest absolute Gasteiger partial charge is 1.00 e. The maximum absolute atomic E-state index is 12.2. The van der Waals surface area contributed by atoms with Crippen molar-refractivity contribution in [2.45, 2.75) is 25.3 Å². The van der Waals surface area contributed by atoms with Crippen molar-refractivity contribution in [1.29, 1.82) is 0 Å². The highest BCUT2D eigenvalue weighted by molar-refractivity contribution is 7.79. The van der Waals surface area contributed by atoms with Crippen LogP contribution in [0.4, 0.5) is 0 Å².